The second-order valence-corrected chi connectivity index (χ2v) is 5.48. The molecule has 0 spiro atoms. The fourth-order valence-corrected chi connectivity index (χ4v) is 3.08. The standard InChI is InChI=1S/C10H19NOS/c1-13-10(4-2-3-5-10)8-11-9-6-12-7-9/h9,11H,2-8H2,1H3. The quantitative estimate of drug-likeness (QED) is 0.747. The molecule has 1 aliphatic carbocycles. The maximum atomic E-state index is 5.15. The van der Waals surface area contributed by atoms with Gasteiger partial charge >= 0.3 is 0 Å². The van der Waals surface area contributed by atoms with Crippen LogP contribution < -0.4 is 5.32 Å². The first kappa shape index (κ1) is 9.81. The molecule has 0 unspecified atom stereocenters. The maximum absolute atomic E-state index is 5.15. The minimum absolute atomic E-state index is 0.551. The van der Waals surface area contributed by atoms with E-state index in [2.05, 4.69) is 23.3 Å². The molecule has 1 aliphatic heterocycles. The smallest absolute Gasteiger partial charge is 0.0643 e. The first-order valence-electron chi connectivity index (χ1n) is 5.21. The lowest BCUT2D eigenvalue weighted by Gasteiger charge is -2.33. The van der Waals surface area contributed by atoms with Gasteiger partial charge in [0.1, 0.15) is 0 Å². The predicted molar refractivity (Wildman–Crippen MR) is 57.3 cm³/mol. The van der Waals surface area contributed by atoms with Gasteiger partial charge in [-0.3, -0.25) is 0 Å². The Hall–Kier alpha value is 0.270. The van der Waals surface area contributed by atoms with E-state index in [0.717, 1.165) is 13.2 Å². The third-order valence-corrected chi connectivity index (χ3v) is 4.72. The van der Waals surface area contributed by atoms with Crippen molar-refractivity contribution in [3.05, 3.63) is 0 Å². The summed E-state index contributed by atoms with van der Waals surface area (Å²) in [6.07, 6.45) is 7.89. The molecule has 1 saturated heterocycles. The van der Waals surface area contributed by atoms with E-state index in [1.165, 1.54) is 32.2 Å². The van der Waals surface area contributed by atoms with E-state index in [4.69, 9.17) is 4.74 Å². The Morgan fingerprint density at radius 3 is 2.54 bits per heavy atom. The van der Waals surface area contributed by atoms with Crippen molar-refractivity contribution in [1.82, 2.24) is 5.32 Å². The Morgan fingerprint density at radius 1 is 1.38 bits per heavy atom. The molecule has 3 heteroatoms. The van der Waals surface area contributed by atoms with Crippen molar-refractivity contribution in [2.24, 2.45) is 0 Å². The van der Waals surface area contributed by atoms with Gasteiger partial charge in [0.15, 0.2) is 0 Å². The van der Waals surface area contributed by atoms with E-state index in [9.17, 15) is 0 Å². The van der Waals surface area contributed by atoms with Crippen LogP contribution in [0.15, 0.2) is 0 Å². The number of hydrogen-bond acceptors (Lipinski definition) is 3. The lowest BCUT2D eigenvalue weighted by molar-refractivity contribution is -0.00577. The second kappa shape index (κ2) is 4.20. The van der Waals surface area contributed by atoms with Crippen LogP contribution in [0.25, 0.3) is 0 Å². The molecule has 2 aliphatic rings. The first-order valence-corrected chi connectivity index (χ1v) is 6.43. The van der Waals surface area contributed by atoms with E-state index >= 15 is 0 Å². The van der Waals surface area contributed by atoms with Gasteiger partial charge in [-0.2, -0.15) is 11.8 Å². The van der Waals surface area contributed by atoms with Crippen molar-refractivity contribution < 1.29 is 4.74 Å². The summed E-state index contributed by atoms with van der Waals surface area (Å²) in [7, 11) is 0. The van der Waals surface area contributed by atoms with Crippen LogP contribution in [0.2, 0.25) is 0 Å². The number of rotatable bonds is 4. The SMILES string of the molecule is CSC1(CNC2COC2)CCCC1. The predicted octanol–water partition coefficient (Wildman–Crippen LogP) is 1.65. The van der Waals surface area contributed by atoms with Crippen LogP contribution in [-0.2, 0) is 4.74 Å². The van der Waals surface area contributed by atoms with Gasteiger partial charge in [-0.1, -0.05) is 12.8 Å². The Kier molecular flexibility index (Phi) is 3.17. The Morgan fingerprint density at radius 2 is 2.08 bits per heavy atom. The highest BCUT2D eigenvalue weighted by Gasteiger charge is 2.33. The number of nitrogens with one attached hydrogen (secondary N) is 1. The molecule has 1 heterocycles. The monoisotopic (exact) mass is 201 g/mol. The third-order valence-electron chi connectivity index (χ3n) is 3.30. The molecule has 0 aromatic rings. The van der Waals surface area contributed by atoms with Gasteiger partial charge in [0, 0.05) is 11.3 Å². The molecule has 76 valence electrons. The largest absolute Gasteiger partial charge is 0.378 e. The van der Waals surface area contributed by atoms with Crippen LogP contribution in [0.5, 0.6) is 0 Å². The zero-order chi connectivity index (χ0) is 9.15. The Labute approximate surface area is 84.8 Å². The molecule has 1 N–H and O–H groups in total. The number of ether oxygens (including phenoxy) is 1. The van der Waals surface area contributed by atoms with Gasteiger partial charge < -0.3 is 10.1 Å². The Bertz CT molecular complexity index is 164. The highest BCUT2D eigenvalue weighted by molar-refractivity contribution is 8.00. The summed E-state index contributed by atoms with van der Waals surface area (Å²) in [5.41, 5.74) is 0. The van der Waals surface area contributed by atoms with Crippen molar-refractivity contribution >= 4 is 11.8 Å². The summed E-state index contributed by atoms with van der Waals surface area (Å²) in [5, 5.41) is 3.61. The van der Waals surface area contributed by atoms with Crippen LogP contribution in [0, 0.1) is 0 Å². The average molecular weight is 201 g/mol. The van der Waals surface area contributed by atoms with E-state index in [1.807, 2.05) is 0 Å². The average Bonchev–Trinajstić information content (AvgIpc) is 2.51. The molecule has 2 rings (SSSR count). The number of hydrogen-bond donors (Lipinski definition) is 1. The van der Waals surface area contributed by atoms with E-state index < -0.39 is 0 Å². The third kappa shape index (κ3) is 2.20. The summed E-state index contributed by atoms with van der Waals surface area (Å²) < 4.78 is 5.70. The van der Waals surface area contributed by atoms with E-state index in [1.54, 1.807) is 0 Å². The highest BCUT2D eigenvalue weighted by Crippen LogP contribution is 2.39. The molecule has 0 bridgehead atoms. The van der Waals surface area contributed by atoms with Crippen LogP contribution in [0.1, 0.15) is 25.7 Å². The van der Waals surface area contributed by atoms with Crippen molar-refractivity contribution in [3.8, 4) is 0 Å². The molecule has 2 fully saturated rings. The summed E-state index contributed by atoms with van der Waals surface area (Å²) in [5.74, 6) is 0. The minimum Gasteiger partial charge on any atom is -0.378 e. The summed E-state index contributed by atoms with van der Waals surface area (Å²) in [6.45, 7) is 3.02. The van der Waals surface area contributed by atoms with Crippen LogP contribution in [0.4, 0.5) is 0 Å². The number of thioether (sulfide) groups is 1. The van der Waals surface area contributed by atoms with Gasteiger partial charge in [-0.25, -0.2) is 0 Å². The lowest BCUT2D eigenvalue weighted by Crippen LogP contribution is -2.50. The van der Waals surface area contributed by atoms with Gasteiger partial charge in [-0.15, -0.1) is 0 Å². The highest BCUT2D eigenvalue weighted by atomic mass is 32.2. The first-order chi connectivity index (χ1) is 6.35. The van der Waals surface area contributed by atoms with E-state index in [-0.39, 0.29) is 0 Å². The molecule has 1 saturated carbocycles. The zero-order valence-corrected chi connectivity index (χ0v) is 9.16. The van der Waals surface area contributed by atoms with E-state index in [0.29, 0.717) is 10.8 Å². The van der Waals surface area contributed by atoms with Crippen molar-refractivity contribution in [2.75, 3.05) is 26.0 Å². The molecular weight excluding hydrogens is 182 g/mol. The Balaban J connectivity index is 1.75. The fraction of sp³-hybridized carbons (Fsp3) is 1.00. The topological polar surface area (TPSA) is 21.3 Å². The van der Waals surface area contributed by atoms with Gasteiger partial charge in [0.2, 0.25) is 0 Å². The maximum Gasteiger partial charge on any atom is 0.0643 e. The van der Waals surface area contributed by atoms with Crippen LogP contribution in [-0.4, -0.2) is 36.8 Å². The molecule has 2 nitrogen and oxygen atoms in total. The molecule has 0 aromatic heterocycles. The molecule has 0 amide bonds. The van der Waals surface area contributed by atoms with Crippen molar-refractivity contribution in [2.45, 2.75) is 36.5 Å². The minimum atomic E-state index is 0.551. The van der Waals surface area contributed by atoms with Crippen molar-refractivity contribution in [3.63, 3.8) is 0 Å². The second-order valence-electron chi connectivity index (χ2n) is 4.21. The lowest BCUT2D eigenvalue weighted by atomic mass is 10.1. The molecule has 0 aromatic carbocycles. The van der Waals surface area contributed by atoms with Crippen LogP contribution >= 0.6 is 11.8 Å². The molecule has 13 heavy (non-hydrogen) atoms. The van der Waals surface area contributed by atoms with Crippen molar-refractivity contribution in [1.29, 1.82) is 0 Å². The summed E-state index contributed by atoms with van der Waals surface area (Å²) >= 11 is 2.05. The van der Waals surface area contributed by atoms with Crippen LogP contribution in [0.3, 0.4) is 0 Å². The normalized spacial score (nSPS) is 27.5. The summed E-state index contributed by atoms with van der Waals surface area (Å²) in [6, 6.07) is 0.643. The zero-order valence-electron chi connectivity index (χ0n) is 8.34. The van der Waals surface area contributed by atoms with Gasteiger partial charge in [0.05, 0.1) is 19.3 Å². The fourth-order valence-electron chi connectivity index (χ4n) is 2.16. The molecule has 0 atom stereocenters. The molecular formula is C10H19NOS. The van der Waals surface area contributed by atoms with Gasteiger partial charge in [-0.05, 0) is 19.1 Å². The molecule has 0 radical (unpaired) electrons. The summed E-state index contributed by atoms with van der Waals surface area (Å²) in [4.78, 5) is 0. The van der Waals surface area contributed by atoms with Gasteiger partial charge in [0.25, 0.3) is 0 Å².